The molecule has 11 heteroatoms. The number of nitrogens with one attached hydrogen (secondary N) is 3. The first kappa shape index (κ1) is 24.6. The number of hydrogen-bond acceptors (Lipinski definition) is 6. The van der Waals surface area contributed by atoms with Gasteiger partial charge in [-0.05, 0) is 69.4 Å². The quantitative estimate of drug-likeness (QED) is 0.458. The van der Waals surface area contributed by atoms with E-state index in [1.807, 2.05) is 4.90 Å². The van der Waals surface area contributed by atoms with E-state index in [0.717, 1.165) is 49.7 Å². The van der Waals surface area contributed by atoms with Crippen molar-refractivity contribution in [3.05, 3.63) is 46.8 Å². The van der Waals surface area contributed by atoms with Crippen molar-refractivity contribution in [2.45, 2.75) is 57.4 Å². The van der Waals surface area contributed by atoms with Crippen LogP contribution in [0, 0.1) is 24.6 Å². The normalized spacial score (nSPS) is 21.7. The van der Waals surface area contributed by atoms with E-state index in [2.05, 4.69) is 37.6 Å². The van der Waals surface area contributed by atoms with Crippen molar-refractivity contribution in [1.82, 2.24) is 35.6 Å². The van der Waals surface area contributed by atoms with E-state index in [9.17, 15) is 14.0 Å². The van der Waals surface area contributed by atoms with Gasteiger partial charge in [0.15, 0.2) is 5.82 Å². The lowest BCUT2D eigenvalue weighted by molar-refractivity contribution is -0.127. The molecule has 3 aliphatic rings. The van der Waals surface area contributed by atoms with Gasteiger partial charge in [-0.15, -0.1) is 0 Å². The first-order valence-corrected chi connectivity index (χ1v) is 13.2. The Labute approximate surface area is 219 Å². The minimum Gasteiger partial charge on any atom is -0.481 e. The number of halogens is 1. The molecule has 2 fully saturated rings. The number of aromatic amines is 2. The van der Waals surface area contributed by atoms with Crippen molar-refractivity contribution in [2.24, 2.45) is 11.8 Å². The molecular formula is C27H32FN7O3. The zero-order chi connectivity index (χ0) is 26.4. The second kappa shape index (κ2) is 9.52. The van der Waals surface area contributed by atoms with Crippen LogP contribution in [0.2, 0.25) is 0 Å². The minimum absolute atomic E-state index is 0.0871. The predicted molar refractivity (Wildman–Crippen MR) is 136 cm³/mol. The maximum Gasteiger partial charge on any atom is 0.272 e. The molecule has 0 bridgehead atoms. The van der Waals surface area contributed by atoms with E-state index in [-0.39, 0.29) is 34.7 Å². The molecule has 200 valence electrons. The van der Waals surface area contributed by atoms with Crippen LogP contribution in [0.5, 0.6) is 5.88 Å². The molecule has 6 rings (SSSR count). The van der Waals surface area contributed by atoms with Crippen LogP contribution in [-0.4, -0.2) is 67.8 Å². The second-order valence-corrected chi connectivity index (χ2v) is 10.9. The zero-order valence-electron chi connectivity index (χ0n) is 21.6. The highest BCUT2D eigenvalue weighted by Crippen LogP contribution is 2.50. The van der Waals surface area contributed by atoms with Crippen molar-refractivity contribution in [3.63, 3.8) is 0 Å². The van der Waals surface area contributed by atoms with Crippen LogP contribution >= 0.6 is 0 Å². The number of amides is 2. The van der Waals surface area contributed by atoms with Gasteiger partial charge in [-0.1, -0.05) is 0 Å². The number of aryl methyl sites for hydroxylation is 2. The molecule has 1 aliphatic heterocycles. The van der Waals surface area contributed by atoms with E-state index in [1.54, 1.807) is 6.07 Å². The van der Waals surface area contributed by atoms with E-state index in [0.29, 0.717) is 43.2 Å². The van der Waals surface area contributed by atoms with Crippen LogP contribution in [0.3, 0.4) is 0 Å². The molecule has 10 nitrogen and oxygen atoms in total. The Morgan fingerprint density at radius 2 is 2.08 bits per heavy atom. The maximum atomic E-state index is 14.3. The summed E-state index contributed by atoms with van der Waals surface area (Å²) < 4.78 is 19.4. The number of piperidine rings is 1. The number of fused-ring (bicyclic) bond motifs is 1. The van der Waals surface area contributed by atoms with Crippen LogP contribution < -0.4 is 10.1 Å². The lowest BCUT2D eigenvalue weighted by Crippen LogP contribution is -2.51. The van der Waals surface area contributed by atoms with Crippen molar-refractivity contribution < 1.29 is 18.7 Å². The lowest BCUT2D eigenvalue weighted by Gasteiger charge is -2.39. The number of H-pyrrole nitrogens is 2. The smallest absolute Gasteiger partial charge is 0.272 e. The van der Waals surface area contributed by atoms with Crippen LogP contribution in [0.15, 0.2) is 18.3 Å². The van der Waals surface area contributed by atoms with Gasteiger partial charge >= 0.3 is 0 Å². The van der Waals surface area contributed by atoms with Crippen molar-refractivity contribution >= 4 is 11.8 Å². The molecule has 1 spiro atoms. The molecule has 4 heterocycles. The summed E-state index contributed by atoms with van der Waals surface area (Å²) in [6.45, 7) is 3.22. The Bertz CT molecular complexity index is 1380. The maximum absolute atomic E-state index is 14.3. The molecule has 38 heavy (non-hydrogen) atoms. The molecule has 1 saturated heterocycles. The third kappa shape index (κ3) is 4.43. The Balaban J connectivity index is 1.07. The number of methoxy groups -OCH3 is 1. The molecule has 3 aromatic heterocycles. The van der Waals surface area contributed by atoms with Gasteiger partial charge in [0.2, 0.25) is 11.8 Å². The van der Waals surface area contributed by atoms with Crippen LogP contribution in [-0.2, 0) is 17.6 Å². The fourth-order valence-corrected chi connectivity index (χ4v) is 6.07. The summed E-state index contributed by atoms with van der Waals surface area (Å²) >= 11 is 0. The number of pyridine rings is 1. The van der Waals surface area contributed by atoms with Crippen molar-refractivity contribution in [2.75, 3.05) is 20.2 Å². The zero-order valence-corrected chi connectivity index (χ0v) is 21.6. The summed E-state index contributed by atoms with van der Waals surface area (Å²) in [5, 5.41) is 17.6. The number of carbonyl (C=O) groups excluding carboxylic acids is 2. The minimum atomic E-state index is -0.546. The van der Waals surface area contributed by atoms with Crippen LogP contribution in [0.1, 0.15) is 59.5 Å². The highest BCUT2D eigenvalue weighted by molar-refractivity contribution is 5.94. The van der Waals surface area contributed by atoms with Crippen molar-refractivity contribution in [1.29, 1.82) is 0 Å². The number of rotatable bonds is 6. The average molecular weight is 522 g/mol. The topological polar surface area (TPSA) is 129 Å². The number of hydrogen-bond donors (Lipinski definition) is 3. The van der Waals surface area contributed by atoms with E-state index in [4.69, 9.17) is 4.74 Å². The number of nitrogens with zero attached hydrogens (tertiary/aromatic N) is 4. The summed E-state index contributed by atoms with van der Waals surface area (Å²) in [4.78, 5) is 32.3. The van der Waals surface area contributed by atoms with Gasteiger partial charge in [0.05, 0.1) is 24.7 Å². The third-order valence-electron chi connectivity index (χ3n) is 8.47. The third-order valence-corrected chi connectivity index (χ3v) is 8.47. The molecule has 2 amide bonds. The number of ether oxygens (including phenoxy) is 1. The SMILES string of the molecule is COc1cc(-c2cc(C(=O)N3CC[C@H](C(=O)NC[C@H]4CCc5n[nH]c(C)c5C4)CC34CC4)[nH]n2)c(F)cn1. The van der Waals surface area contributed by atoms with Crippen LogP contribution in [0.25, 0.3) is 11.3 Å². The Kier molecular flexibility index (Phi) is 6.16. The summed E-state index contributed by atoms with van der Waals surface area (Å²) in [5.41, 5.74) is 4.11. The number of aromatic nitrogens is 5. The molecule has 0 unspecified atom stereocenters. The summed E-state index contributed by atoms with van der Waals surface area (Å²) in [6.07, 6.45) is 7.02. The van der Waals surface area contributed by atoms with E-state index < -0.39 is 5.82 Å². The first-order chi connectivity index (χ1) is 18.4. The molecule has 2 atom stereocenters. The van der Waals surface area contributed by atoms with Gasteiger partial charge in [0.1, 0.15) is 5.69 Å². The molecule has 0 aromatic carbocycles. The molecule has 0 radical (unpaired) electrons. The summed E-state index contributed by atoms with van der Waals surface area (Å²) in [7, 11) is 1.45. The summed E-state index contributed by atoms with van der Waals surface area (Å²) in [6, 6.07) is 3.02. The average Bonchev–Trinajstić information content (AvgIpc) is 3.34. The lowest BCUT2D eigenvalue weighted by atomic mass is 9.85. The second-order valence-electron chi connectivity index (χ2n) is 10.9. The molecule has 2 aliphatic carbocycles. The van der Waals surface area contributed by atoms with Gasteiger partial charge in [-0.3, -0.25) is 19.8 Å². The van der Waals surface area contributed by atoms with E-state index >= 15 is 0 Å². The van der Waals surface area contributed by atoms with Gasteiger partial charge < -0.3 is 15.0 Å². The van der Waals surface area contributed by atoms with Crippen molar-refractivity contribution in [3.8, 4) is 17.1 Å². The van der Waals surface area contributed by atoms with E-state index in [1.165, 1.54) is 18.7 Å². The Morgan fingerprint density at radius 1 is 1.24 bits per heavy atom. The van der Waals surface area contributed by atoms with Gasteiger partial charge in [0.25, 0.3) is 5.91 Å². The molecule has 1 saturated carbocycles. The highest BCUT2D eigenvalue weighted by Gasteiger charge is 2.54. The molecule has 3 N–H and O–H groups in total. The van der Waals surface area contributed by atoms with Gasteiger partial charge in [0, 0.05) is 41.9 Å². The van der Waals surface area contributed by atoms with Crippen LogP contribution in [0.4, 0.5) is 4.39 Å². The summed E-state index contributed by atoms with van der Waals surface area (Å²) in [5.74, 6) is -0.0556. The van der Waals surface area contributed by atoms with Gasteiger partial charge in [-0.25, -0.2) is 9.37 Å². The van der Waals surface area contributed by atoms with Gasteiger partial charge in [-0.2, -0.15) is 10.2 Å². The first-order valence-electron chi connectivity index (χ1n) is 13.2. The molecular weight excluding hydrogens is 489 g/mol. The monoisotopic (exact) mass is 521 g/mol. The number of likely N-dealkylation sites (tertiary alicyclic amines) is 1. The fourth-order valence-electron chi connectivity index (χ4n) is 6.07. The Morgan fingerprint density at radius 3 is 2.87 bits per heavy atom. The highest BCUT2D eigenvalue weighted by atomic mass is 19.1. The molecule has 3 aromatic rings. The fraction of sp³-hybridized carbons (Fsp3) is 0.519. The number of carbonyl (C=O) groups is 2. The largest absolute Gasteiger partial charge is 0.481 e. The Hall–Kier alpha value is -3.76. The predicted octanol–water partition coefficient (Wildman–Crippen LogP) is 2.96. The standard InChI is InChI=1S/C27H32FN7O3/c1-15-18-9-16(3-4-21(18)32-31-15)13-30-25(36)17-5-8-35(27(12-17)6-7-27)26(37)23-11-22(33-34-23)19-10-24(38-2)29-14-20(19)28/h10-11,14,16-17H,3-9,12-13H2,1-2H3,(H,30,36)(H,31,32)(H,33,34)/t16-,17-/m0/s1.